The van der Waals surface area contributed by atoms with Crippen molar-refractivity contribution in [1.29, 1.82) is 0 Å². The second-order valence-corrected chi connectivity index (χ2v) is 8.32. The molecule has 0 saturated carbocycles. The molecular formula is C15H20N4O3S2. The fourth-order valence-corrected chi connectivity index (χ4v) is 4.36. The van der Waals surface area contributed by atoms with E-state index in [1.54, 1.807) is 19.1 Å². The summed E-state index contributed by atoms with van der Waals surface area (Å²) in [6, 6.07) is 6.93. The minimum atomic E-state index is -3.73. The van der Waals surface area contributed by atoms with Crippen molar-refractivity contribution in [1.82, 2.24) is 14.9 Å². The smallest absolute Gasteiger partial charge is 0.270 e. The molecule has 0 fully saturated rings. The average Bonchev–Trinajstić information content (AvgIpc) is 2.96. The lowest BCUT2D eigenvalue weighted by molar-refractivity contribution is 0.102. The van der Waals surface area contributed by atoms with Gasteiger partial charge in [-0.05, 0) is 31.9 Å². The van der Waals surface area contributed by atoms with E-state index in [1.807, 2.05) is 26.0 Å². The largest absolute Gasteiger partial charge is 0.296 e. The van der Waals surface area contributed by atoms with Crippen LogP contribution in [0.2, 0.25) is 0 Å². The first kappa shape index (κ1) is 18.5. The van der Waals surface area contributed by atoms with Gasteiger partial charge in [-0.25, -0.2) is 13.1 Å². The summed E-state index contributed by atoms with van der Waals surface area (Å²) in [5.74, 6) is -0.347. The summed E-state index contributed by atoms with van der Waals surface area (Å²) >= 11 is 0.824. The number of rotatable bonds is 7. The van der Waals surface area contributed by atoms with Crippen molar-refractivity contribution in [3.05, 3.63) is 35.4 Å². The summed E-state index contributed by atoms with van der Waals surface area (Å²) in [7, 11) is -3.73. The van der Waals surface area contributed by atoms with Gasteiger partial charge in [0.15, 0.2) is 0 Å². The number of benzene rings is 1. The first-order valence-corrected chi connectivity index (χ1v) is 9.86. The van der Waals surface area contributed by atoms with Crippen molar-refractivity contribution < 1.29 is 13.2 Å². The second-order valence-electron chi connectivity index (χ2n) is 5.45. The number of carbonyl (C=O) groups is 1. The first-order chi connectivity index (χ1) is 11.3. The lowest BCUT2D eigenvalue weighted by atomic mass is 10.1. The summed E-state index contributed by atoms with van der Waals surface area (Å²) in [5.41, 5.74) is 1.33. The molecule has 1 atom stereocenters. The van der Waals surface area contributed by atoms with Gasteiger partial charge >= 0.3 is 0 Å². The van der Waals surface area contributed by atoms with Gasteiger partial charge in [-0.2, -0.15) is 0 Å². The van der Waals surface area contributed by atoms with E-state index in [1.165, 1.54) is 0 Å². The third kappa shape index (κ3) is 4.59. The van der Waals surface area contributed by atoms with Gasteiger partial charge in [0.05, 0.1) is 0 Å². The number of aryl methyl sites for hydroxylation is 1. The predicted octanol–water partition coefficient (Wildman–Crippen LogP) is 2.57. The molecule has 2 rings (SSSR count). The summed E-state index contributed by atoms with van der Waals surface area (Å²) in [6.07, 6.45) is 1.60. The Morgan fingerprint density at radius 2 is 2.00 bits per heavy atom. The molecular weight excluding hydrogens is 348 g/mol. The fraction of sp³-hybridized carbons (Fsp3) is 0.400. The molecule has 0 radical (unpaired) electrons. The van der Waals surface area contributed by atoms with E-state index in [0.29, 0.717) is 5.56 Å². The van der Waals surface area contributed by atoms with Crippen molar-refractivity contribution in [3.8, 4) is 0 Å². The van der Waals surface area contributed by atoms with Crippen LogP contribution in [0.25, 0.3) is 0 Å². The van der Waals surface area contributed by atoms with E-state index in [-0.39, 0.29) is 21.4 Å². The van der Waals surface area contributed by atoms with Crippen LogP contribution in [0.4, 0.5) is 5.13 Å². The number of nitrogens with zero attached hydrogens (tertiary/aromatic N) is 2. The summed E-state index contributed by atoms with van der Waals surface area (Å²) in [5, 5.41) is 10.2. The van der Waals surface area contributed by atoms with E-state index < -0.39 is 10.0 Å². The van der Waals surface area contributed by atoms with E-state index in [9.17, 15) is 13.2 Å². The zero-order valence-corrected chi connectivity index (χ0v) is 15.4. The highest BCUT2D eigenvalue weighted by Crippen LogP contribution is 2.21. The van der Waals surface area contributed by atoms with Gasteiger partial charge in [-0.15, -0.1) is 10.2 Å². The lowest BCUT2D eigenvalue weighted by Crippen LogP contribution is -2.32. The van der Waals surface area contributed by atoms with Crippen molar-refractivity contribution in [3.63, 3.8) is 0 Å². The van der Waals surface area contributed by atoms with Crippen molar-refractivity contribution in [2.75, 3.05) is 5.32 Å². The molecule has 7 nitrogen and oxygen atoms in total. The number of amides is 1. The van der Waals surface area contributed by atoms with Gasteiger partial charge in [0, 0.05) is 11.6 Å². The highest BCUT2D eigenvalue weighted by Gasteiger charge is 2.23. The van der Waals surface area contributed by atoms with Gasteiger partial charge in [-0.1, -0.05) is 42.9 Å². The monoisotopic (exact) mass is 368 g/mol. The number of nitrogens with one attached hydrogen (secondary N) is 2. The minimum absolute atomic E-state index is 0.145. The van der Waals surface area contributed by atoms with Crippen LogP contribution < -0.4 is 10.0 Å². The molecule has 130 valence electrons. The van der Waals surface area contributed by atoms with Crippen LogP contribution in [0, 0.1) is 6.92 Å². The quantitative estimate of drug-likeness (QED) is 0.732. The molecule has 2 N–H and O–H groups in total. The second kappa shape index (κ2) is 7.82. The molecule has 1 aromatic carbocycles. The predicted molar refractivity (Wildman–Crippen MR) is 93.7 cm³/mol. The third-order valence-corrected chi connectivity index (χ3v) is 6.12. The Morgan fingerprint density at radius 1 is 1.29 bits per heavy atom. The standard InChI is InChI=1S/C15H20N4O3S2/c1-4-7-11(3)19-24(21,22)15-18-17-14(23-15)16-13(20)12-9-6-5-8-10(12)2/h5-6,8-9,11,19H,4,7H2,1-3H3,(H,16,17,20). The van der Waals surface area contributed by atoms with E-state index in [4.69, 9.17) is 0 Å². The number of hydrogen-bond acceptors (Lipinski definition) is 6. The SMILES string of the molecule is CCCC(C)NS(=O)(=O)c1nnc(NC(=O)c2ccccc2C)s1. The Balaban J connectivity index is 2.10. The van der Waals surface area contributed by atoms with Crippen LogP contribution in [0.15, 0.2) is 28.6 Å². The normalized spacial score (nSPS) is 12.8. The van der Waals surface area contributed by atoms with Gasteiger partial charge in [-0.3, -0.25) is 10.1 Å². The molecule has 1 aromatic heterocycles. The average molecular weight is 368 g/mol. The fourth-order valence-electron chi connectivity index (χ4n) is 2.17. The molecule has 1 heterocycles. The first-order valence-electron chi connectivity index (χ1n) is 7.56. The molecule has 0 aliphatic rings. The Labute approximate surface area is 145 Å². The van der Waals surface area contributed by atoms with Crippen LogP contribution in [0.1, 0.15) is 42.6 Å². The van der Waals surface area contributed by atoms with Crippen LogP contribution in [0.5, 0.6) is 0 Å². The zero-order valence-electron chi connectivity index (χ0n) is 13.7. The Hall–Kier alpha value is -1.84. The number of aromatic nitrogens is 2. The van der Waals surface area contributed by atoms with Crippen LogP contribution in [-0.2, 0) is 10.0 Å². The number of anilines is 1. The highest BCUT2D eigenvalue weighted by molar-refractivity contribution is 7.91. The van der Waals surface area contributed by atoms with E-state index >= 15 is 0 Å². The van der Waals surface area contributed by atoms with Gasteiger partial charge in [0.2, 0.25) is 9.47 Å². The summed E-state index contributed by atoms with van der Waals surface area (Å²) in [4.78, 5) is 12.2. The summed E-state index contributed by atoms with van der Waals surface area (Å²) < 4.78 is 26.8. The van der Waals surface area contributed by atoms with E-state index in [0.717, 1.165) is 29.7 Å². The zero-order chi connectivity index (χ0) is 17.7. The molecule has 0 bridgehead atoms. The van der Waals surface area contributed by atoms with Crippen molar-refractivity contribution in [2.24, 2.45) is 0 Å². The number of hydrogen-bond donors (Lipinski definition) is 2. The van der Waals surface area contributed by atoms with Crippen molar-refractivity contribution >= 4 is 32.4 Å². The summed E-state index contributed by atoms with van der Waals surface area (Å²) in [6.45, 7) is 5.60. The van der Waals surface area contributed by atoms with Crippen LogP contribution >= 0.6 is 11.3 Å². The van der Waals surface area contributed by atoms with E-state index in [2.05, 4.69) is 20.2 Å². The maximum atomic E-state index is 12.2. The maximum absolute atomic E-state index is 12.2. The number of carbonyl (C=O) groups excluding carboxylic acids is 1. The Morgan fingerprint density at radius 3 is 2.67 bits per heavy atom. The molecule has 0 aliphatic heterocycles. The molecule has 1 unspecified atom stereocenters. The van der Waals surface area contributed by atoms with Gasteiger partial charge < -0.3 is 0 Å². The molecule has 9 heteroatoms. The Kier molecular flexibility index (Phi) is 6.03. The van der Waals surface area contributed by atoms with Gasteiger partial charge in [0.25, 0.3) is 15.9 Å². The molecule has 1 amide bonds. The minimum Gasteiger partial charge on any atom is -0.296 e. The topological polar surface area (TPSA) is 101 Å². The third-order valence-electron chi connectivity index (χ3n) is 3.32. The number of sulfonamides is 1. The van der Waals surface area contributed by atoms with Crippen molar-refractivity contribution in [2.45, 2.75) is 44.0 Å². The highest BCUT2D eigenvalue weighted by atomic mass is 32.2. The molecule has 0 saturated heterocycles. The van der Waals surface area contributed by atoms with Crippen LogP contribution in [0.3, 0.4) is 0 Å². The molecule has 0 spiro atoms. The molecule has 0 aliphatic carbocycles. The Bertz CT molecular complexity index is 818. The maximum Gasteiger partial charge on any atom is 0.270 e. The molecule has 2 aromatic rings. The molecule has 24 heavy (non-hydrogen) atoms. The van der Waals surface area contributed by atoms with Crippen LogP contribution in [-0.4, -0.2) is 30.6 Å². The van der Waals surface area contributed by atoms with Gasteiger partial charge in [0.1, 0.15) is 0 Å². The lowest BCUT2D eigenvalue weighted by Gasteiger charge is -2.10.